The van der Waals surface area contributed by atoms with Crippen molar-refractivity contribution in [2.24, 2.45) is 4.99 Å². The van der Waals surface area contributed by atoms with E-state index in [-0.39, 0.29) is 35.8 Å². The van der Waals surface area contributed by atoms with E-state index in [1.165, 1.54) is 11.8 Å². The molecule has 1 rings (SSSR count). The van der Waals surface area contributed by atoms with Crippen LogP contribution >= 0.6 is 24.0 Å². The number of rotatable bonds is 10. The monoisotopic (exact) mass is 497 g/mol. The van der Waals surface area contributed by atoms with Gasteiger partial charge in [0, 0.05) is 25.4 Å². The molecule has 0 bridgehead atoms. The van der Waals surface area contributed by atoms with Crippen LogP contribution < -0.4 is 15.4 Å². The van der Waals surface area contributed by atoms with Gasteiger partial charge in [-0.2, -0.15) is 0 Å². The van der Waals surface area contributed by atoms with E-state index in [4.69, 9.17) is 4.74 Å². The molecule has 0 fully saturated rings. The fraction of sp³-hybridized carbons (Fsp3) is 0.611. The highest BCUT2D eigenvalue weighted by atomic mass is 127. The average Bonchev–Trinajstić information content (AvgIpc) is 2.56. The Labute approximate surface area is 175 Å². The number of halogens is 1. The molecule has 1 aromatic carbocycles. The van der Waals surface area contributed by atoms with Gasteiger partial charge in [-0.3, -0.25) is 4.99 Å². The van der Waals surface area contributed by atoms with Gasteiger partial charge in [-0.1, -0.05) is 12.1 Å². The highest BCUT2D eigenvalue weighted by Gasteiger charge is 2.09. The lowest BCUT2D eigenvalue weighted by molar-refractivity contribution is 0.414. The second kappa shape index (κ2) is 13.2. The summed E-state index contributed by atoms with van der Waals surface area (Å²) in [7, 11) is -1.27. The molecule has 26 heavy (non-hydrogen) atoms. The first-order valence-corrected chi connectivity index (χ1v) is 10.8. The number of ether oxygens (including phenoxy) is 1. The highest BCUT2D eigenvalue weighted by Crippen LogP contribution is 2.13. The molecule has 0 aromatic heterocycles. The van der Waals surface area contributed by atoms with Crippen LogP contribution in [0.25, 0.3) is 0 Å². The van der Waals surface area contributed by atoms with Gasteiger partial charge in [-0.25, -0.2) is 8.42 Å². The van der Waals surface area contributed by atoms with Crippen molar-refractivity contribution in [3.05, 3.63) is 29.8 Å². The molecule has 150 valence electrons. The minimum atomic E-state index is -2.94. The third-order valence-corrected chi connectivity index (χ3v) is 4.65. The number of hydrogen-bond donors (Lipinski definition) is 2. The van der Waals surface area contributed by atoms with Crippen LogP contribution in [0.2, 0.25) is 0 Å². The Morgan fingerprint density at radius 3 is 2.69 bits per heavy atom. The van der Waals surface area contributed by atoms with Crippen molar-refractivity contribution in [2.75, 3.05) is 32.2 Å². The lowest BCUT2D eigenvalue weighted by Gasteiger charge is -2.17. The second-order valence-electron chi connectivity index (χ2n) is 6.18. The van der Waals surface area contributed by atoms with Crippen LogP contribution in [0, 0.1) is 0 Å². The van der Waals surface area contributed by atoms with Crippen LogP contribution in [0.15, 0.2) is 29.3 Å². The molecule has 1 atom stereocenters. The lowest BCUT2D eigenvalue weighted by Crippen LogP contribution is -2.42. The first-order chi connectivity index (χ1) is 11.8. The van der Waals surface area contributed by atoms with E-state index in [9.17, 15) is 8.42 Å². The molecule has 6 nitrogen and oxygen atoms in total. The van der Waals surface area contributed by atoms with Crippen LogP contribution in [0.3, 0.4) is 0 Å². The fourth-order valence-corrected chi connectivity index (χ4v) is 3.10. The summed E-state index contributed by atoms with van der Waals surface area (Å²) in [6.07, 6.45) is 3.69. The van der Waals surface area contributed by atoms with E-state index >= 15 is 0 Å². The van der Waals surface area contributed by atoms with E-state index in [0.29, 0.717) is 13.0 Å². The molecule has 0 aliphatic rings. The van der Waals surface area contributed by atoms with Gasteiger partial charge in [0.15, 0.2) is 5.96 Å². The molecule has 0 spiro atoms. The van der Waals surface area contributed by atoms with E-state index in [1.54, 1.807) is 7.11 Å². The summed E-state index contributed by atoms with van der Waals surface area (Å²) < 4.78 is 27.7. The summed E-state index contributed by atoms with van der Waals surface area (Å²) in [5.41, 5.74) is 1.23. The SMILES string of the molecule is CCNC(=NCCCc1cccc(OC)c1)NC(C)CCS(C)(=O)=O.I. The second-order valence-corrected chi connectivity index (χ2v) is 8.44. The summed E-state index contributed by atoms with van der Waals surface area (Å²) in [5, 5.41) is 6.46. The number of nitrogens with one attached hydrogen (secondary N) is 2. The van der Waals surface area contributed by atoms with Crippen molar-refractivity contribution in [3.8, 4) is 5.75 Å². The number of aliphatic imine (C=N–C) groups is 1. The molecule has 1 unspecified atom stereocenters. The van der Waals surface area contributed by atoms with Crippen LogP contribution in [-0.4, -0.2) is 52.6 Å². The normalized spacial score (nSPS) is 12.8. The van der Waals surface area contributed by atoms with Gasteiger partial charge < -0.3 is 15.4 Å². The zero-order valence-corrected chi connectivity index (χ0v) is 19.3. The van der Waals surface area contributed by atoms with Gasteiger partial charge in [0.05, 0.1) is 12.9 Å². The van der Waals surface area contributed by atoms with Crippen LogP contribution in [0.5, 0.6) is 5.75 Å². The molecule has 0 amide bonds. The fourth-order valence-electron chi connectivity index (χ4n) is 2.32. The molecule has 8 heteroatoms. The standard InChI is InChI=1S/C18H31N3O3S.HI/c1-5-19-18(21-15(2)11-13-25(4,22)23)20-12-7-9-16-8-6-10-17(14-16)24-3;/h6,8,10,14-15H,5,7,9,11-13H2,1-4H3,(H2,19,20,21);1H. The van der Waals surface area contributed by atoms with Gasteiger partial charge in [0.25, 0.3) is 0 Å². The largest absolute Gasteiger partial charge is 0.497 e. The van der Waals surface area contributed by atoms with Gasteiger partial charge in [-0.05, 0) is 50.8 Å². The summed E-state index contributed by atoms with van der Waals surface area (Å²) in [5.74, 6) is 1.78. The molecule has 0 saturated carbocycles. The van der Waals surface area contributed by atoms with Crippen molar-refractivity contribution in [1.82, 2.24) is 10.6 Å². The van der Waals surface area contributed by atoms with Gasteiger partial charge in [-0.15, -0.1) is 24.0 Å². The Morgan fingerprint density at radius 2 is 2.08 bits per heavy atom. The van der Waals surface area contributed by atoms with Crippen LogP contribution in [0.1, 0.15) is 32.3 Å². The van der Waals surface area contributed by atoms with Crippen molar-refractivity contribution in [1.29, 1.82) is 0 Å². The number of guanidine groups is 1. The molecule has 0 saturated heterocycles. The summed E-state index contributed by atoms with van der Waals surface area (Å²) in [4.78, 5) is 4.57. The average molecular weight is 497 g/mol. The highest BCUT2D eigenvalue weighted by molar-refractivity contribution is 14.0. The number of aryl methyl sites for hydroxylation is 1. The van der Waals surface area contributed by atoms with Crippen LogP contribution in [-0.2, 0) is 16.3 Å². The first kappa shape index (κ1) is 25.0. The molecular formula is C18H32IN3O3S. The number of sulfone groups is 1. The van der Waals surface area contributed by atoms with Crippen molar-refractivity contribution in [2.45, 2.75) is 39.2 Å². The van der Waals surface area contributed by atoms with E-state index in [2.05, 4.69) is 21.7 Å². The number of methoxy groups -OCH3 is 1. The van der Waals surface area contributed by atoms with Crippen molar-refractivity contribution in [3.63, 3.8) is 0 Å². The summed E-state index contributed by atoms with van der Waals surface area (Å²) in [6.45, 7) is 5.44. The smallest absolute Gasteiger partial charge is 0.191 e. The van der Waals surface area contributed by atoms with Gasteiger partial charge >= 0.3 is 0 Å². The lowest BCUT2D eigenvalue weighted by atomic mass is 10.1. The Bertz CT molecular complexity index is 651. The minimum Gasteiger partial charge on any atom is -0.497 e. The van der Waals surface area contributed by atoms with Crippen LogP contribution in [0.4, 0.5) is 0 Å². The molecule has 1 aromatic rings. The molecule has 0 radical (unpaired) electrons. The van der Waals surface area contributed by atoms with Crippen molar-refractivity contribution >= 4 is 39.8 Å². The number of nitrogens with zero attached hydrogens (tertiary/aromatic N) is 1. The third-order valence-electron chi connectivity index (χ3n) is 3.68. The maximum absolute atomic E-state index is 11.3. The zero-order valence-electron chi connectivity index (χ0n) is 16.1. The Kier molecular flexibility index (Phi) is 12.7. The third kappa shape index (κ3) is 11.6. The summed E-state index contributed by atoms with van der Waals surface area (Å²) in [6, 6.07) is 8.11. The maximum Gasteiger partial charge on any atom is 0.191 e. The number of benzene rings is 1. The quantitative estimate of drug-likeness (QED) is 0.225. The predicted octanol–water partition coefficient (Wildman–Crippen LogP) is 2.62. The molecular weight excluding hydrogens is 465 g/mol. The molecule has 0 heterocycles. The van der Waals surface area contributed by atoms with E-state index in [1.807, 2.05) is 32.0 Å². The number of hydrogen-bond acceptors (Lipinski definition) is 4. The molecule has 0 aliphatic carbocycles. The van der Waals surface area contributed by atoms with E-state index in [0.717, 1.165) is 31.1 Å². The van der Waals surface area contributed by atoms with Gasteiger partial charge in [0.1, 0.15) is 15.6 Å². The predicted molar refractivity (Wildman–Crippen MR) is 120 cm³/mol. The zero-order chi connectivity index (χ0) is 18.7. The summed E-state index contributed by atoms with van der Waals surface area (Å²) >= 11 is 0. The Balaban J connectivity index is 0.00000625. The first-order valence-electron chi connectivity index (χ1n) is 8.69. The van der Waals surface area contributed by atoms with Gasteiger partial charge in [0.2, 0.25) is 0 Å². The topological polar surface area (TPSA) is 79.8 Å². The Morgan fingerprint density at radius 1 is 1.35 bits per heavy atom. The minimum absolute atomic E-state index is 0. The molecule has 0 aliphatic heterocycles. The maximum atomic E-state index is 11.3. The Hall–Kier alpha value is -1.03. The van der Waals surface area contributed by atoms with E-state index < -0.39 is 9.84 Å². The molecule has 2 N–H and O–H groups in total. The van der Waals surface area contributed by atoms with Crippen molar-refractivity contribution < 1.29 is 13.2 Å².